The maximum Gasteiger partial charge on any atom is 0.240 e. The fourth-order valence-corrected chi connectivity index (χ4v) is 2.35. The second-order valence-corrected chi connectivity index (χ2v) is 5.28. The molecule has 104 valence electrons. The highest BCUT2D eigenvalue weighted by Gasteiger charge is 2.11. The number of nitrogens with zero attached hydrogens (tertiary/aromatic N) is 1. The van der Waals surface area contributed by atoms with Crippen LogP contribution in [0.2, 0.25) is 0 Å². The summed E-state index contributed by atoms with van der Waals surface area (Å²) in [7, 11) is 0. The molecule has 4 heteroatoms. The van der Waals surface area contributed by atoms with Crippen LogP contribution in [0.15, 0.2) is 24.3 Å². The number of anilines is 1. The second-order valence-electron chi connectivity index (χ2n) is 5.28. The van der Waals surface area contributed by atoms with Gasteiger partial charge in [-0.15, -0.1) is 0 Å². The molecule has 19 heavy (non-hydrogen) atoms. The largest absolute Gasteiger partial charge is 0.325 e. The molecule has 1 fully saturated rings. The lowest BCUT2D eigenvalue weighted by atomic mass is 10.1. The molecule has 0 bridgehead atoms. The fraction of sp³-hybridized carbons (Fsp3) is 0.533. The van der Waals surface area contributed by atoms with Gasteiger partial charge in [-0.05, 0) is 57.0 Å². The molecule has 0 saturated carbocycles. The predicted molar refractivity (Wildman–Crippen MR) is 78.1 cm³/mol. The minimum atomic E-state index is -0.478. The van der Waals surface area contributed by atoms with E-state index >= 15 is 0 Å². The molecule has 0 unspecified atom stereocenters. The van der Waals surface area contributed by atoms with Crippen LogP contribution < -0.4 is 11.1 Å². The van der Waals surface area contributed by atoms with Gasteiger partial charge in [0, 0.05) is 12.2 Å². The minimum absolute atomic E-state index is 0.142. The number of carbonyl (C=O) groups is 1. The number of hydrogen-bond donors (Lipinski definition) is 2. The molecule has 1 atom stereocenters. The SMILES string of the molecule is C[C@@H](N)C(=O)Nc1cccc(CCN2CCCC2)c1. The number of likely N-dealkylation sites (tertiary alicyclic amines) is 1. The monoisotopic (exact) mass is 261 g/mol. The molecule has 1 aromatic carbocycles. The molecule has 0 aromatic heterocycles. The van der Waals surface area contributed by atoms with Crippen LogP contribution in [0, 0.1) is 0 Å². The third kappa shape index (κ3) is 4.33. The van der Waals surface area contributed by atoms with Crippen molar-refractivity contribution >= 4 is 11.6 Å². The van der Waals surface area contributed by atoms with Gasteiger partial charge in [-0.25, -0.2) is 0 Å². The Labute approximate surface area is 115 Å². The number of hydrogen-bond acceptors (Lipinski definition) is 3. The van der Waals surface area contributed by atoms with Crippen molar-refractivity contribution in [3.63, 3.8) is 0 Å². The van der Waals surface area contributed by atoms with Crippen LogP contribution in [-0.2, 0) is 11.2 Å². The van der Waals surface area contributed by atoms with E-state index in [0.29, 0.717) is 0 Å². The molecule has 1 amide bonds. The van der Waals surface area contributed by atoms with Crippen molar-refractivity contribution < 1.29 is 4.79 Å². The highest BCUT2D eigenvalue weighted by molar-refractivity contribution is 5.94. The first-order valence-corrected chi connectivity index (χ1v) is 7.03. The Kier molecular flexibility index (Phi) is 4.93. The van der Waals surface area contributed by atoms with Gasteiger partial charge in [-0.2, -0.15) is 0 Å². The Morgan fingerprint density at radius 2 is 2.16 bits per heavy atom. The van der Waals surface area contributed by atoms with Gasteiger partial charge in [-0.1, -0.05) is 12.1 Å². The normalized spacial score (nSPS) is 17.4. The molecule has 1 aromatic rings. The van der Waals surface area contributed by atoms with E-state index in [0.717, 1.165) is 18.7 Å². The zero-order valence-corrected chi connectivity index (χ0v) is 11.6. The summed E-state index contributed by atoms with van der Waals surface area (Å²) in [6.07, 6.45) is 3.68. The lowest BCUT2D eigenvalue weighted by Crippen LogP contribution is -2.32. The van der Waals surface area contributed by atoms with Crippen LogP contribution in [0.3, 0.4) is 0 Å². The number of nitrogens with two attached hydrogens (primary N) is 1. The van der Waals surface area contributed by atoms with E-state index in [4.69, 9.17) is 5.73 Å². The Morgan fingerprint density at radius 1 is 1.42 bits per heavy atom. The molecule has 1 saturated heterocycles. The first kappa shape index (κ1) is 14.0. The molecule has 1 aliphatic heterocycles. The first-order chi connectivity index (χ1) is 9.15. The van der Waals surface area contributed by atoms with Crippen LogP contribution in [0.5, 0.6) is 0 Å². The average molecular weight is 261 g/mol. The third-order valence-corrected chi connectivity index (χ3v) is 3.52. The summed E-state index contributed by atoms with van der Waals surface area (Å²) < 4.78 is 0. The summed E-state index contributed by atoms with van der Waals surface area (Å²) in [4.78, 5) is 14.0. The highest BCUT2D eigenvalue weighted by Crippen LogP contribution is 2.13. The fourth-order valence-electron chi connectivity index (χ4n) is 2.35. The molecular formula is C15H23N3O. The van der Waals surface area contributed by atoms with Gasteiger partial charge in [0.15, 0.2) is 0 Å². The average Bonchev–Trinajstić information content (AvgIpc) is 2.90. The predicted octanol–water partition coefficient (Wildman–Crippen LogP) is 1.61. The van der Waals surface area contributed by atoms with E-state index in [1.807, 2.05) is 18.2 Å². The molecular weight excluding hydrogens is 238 g/mol. The summed E-state index contributed by atoms with van der Waals surface area (Å²) in [6, 6.07) is 7.55. The molecule has 0 spiro atoms. The van der Waals surface area contributed by atoms with Crippen molar-refractivity contribution in [2.45, 2.75) is 32.2 Å². The highest BCUT2D eigenvalue weighted by atomic mass is 16.2. The summed E-state index contributed by atoms with van der Waals surface area (Å²) >= 11 is 0. The molecule has 1 aliphatic rings. The Balaban J connectivity index is 1.89. The lowest BCUT2D eigenvalue weighted by Gasteiger charge is -2.15. The van der Waals surface area contributed by atoms with Crippen molar-refractivity contribution in [1.29, 1.82) is 0 Å². The van der Waals surface area contributed by atoms with E-state index < -0.39 is 6.04 Å². The van der Waals surface area contributed by atoms with E-state index in [9.17, 15) is 4.79 Å². The van der Waals surface area contributed by atoms with Crippen LogP contribution in [0.4, 0.5) is 5.69 Å². The zero-order chi connectivity index (χ0) is 13.7. The number of benzene rings is 1. The van der Waals surface area contributed by atoms with E-state index in [1.54, 1.807) is 6.92 Å². The number of nitrogens with one attached hydrogen (secondary N) is 1. The second kappa shape index (κ2) is 6.68. The Hall–Kier alpha value is -1.39. The summed E-state index contributed by atoms with van der Waals surface area (Å²) in [6.45, 7) is 5.24. The van der Waals surface area contributed by atoms with Crippen LogP contribution in [-0.4, -0.2) is 36.5 Å². The number of rotatable bonds is 5. The van der Waals surface area contributed by atoms with Crippen molar-refractivity contribution in [2.24, 2.45) is 5.73 Å². The molecule has 0 radical (unpaired) electrons. The zero-order valence-electron chi connectivity index (χ0n) is 11.6. The minimum Gasteiger partial charge on any atom is -0.325 e. The van der Waals surface area contributed by atoms with Gasteiger partial charge in [0.05, 0.1) is 6.04 Å². The van der Waals surface area contributed by atoms with Crippen LogP contribution in [0.25, 0.3) is 0 Å². The lowest BCUT2D eigenvalue weighted by molar-refractivity contribution is -0.117. The molecule has 1 heterocycles. The first-order valence-electron chi connectivity index (χ1n) is 7.03. The molecule has 0 aliphatic carbocycles. The van der Waals surface area contributed by atoms with Crippen molar-refractivity contribution in [3.8, 4) is 0 Å². The number of amides is 1. The summed E-state index contributed by atoms with van der Waals surface area (Å²) in [5.41, 5.74) is 7.64. The maximum atomic E-state index is 11.5. The van der Waals surface area contributed by atoms with Crippen molar-refractivity contribution in [2.75, 3.05) is 25.0 Å². The molecule has 3 N–H and O–H groups in total. The standard InChI is InChI=1S/C15H23N3O/c1-12(16)15(19)17-14-6-4-5-13(11-14)7-10-18-8-2-3-9-18/h4-6,11-12H,2-3,7-10,16H2,1H3,(H,17,19)/t12-/m1/s1. The van der Waals surface area contributed by atoms with Gasteiger partial charge in [0.1, 0.15) is 0 Å². The van der Waals surface area contributed by atoms with Gasteiger partial charge < -0.3 is 16.0 Å². The quantitative estimate of drug-likeness (QED) is 0.846. The third-order valence-electron chi connectivity index (χ3n) is 3.52. The molecule has 4 nitrogen and oxygen atoms in total. The van der Waals surface area contributed by atoms with Crippen molar-refractivity contribution in [1.82, 2.24) is 4.90 Å². The topological polar surface area (TPSA) is 58.4 Å². The van der Waals surface area contributed by atoms with Gasteiger partial charge in [0.25, 0.3) is 0 Å². The number of carbonyl (C=O) groups excluding carboxylic acids is 1. The maximum absolute atomic E-state index is 11.5. The van der Waals surface area contributed by atoms with Crippen LogP contribution >= 0.6 is 0 Å². The van der Waals surface area contributed by atoms with E-state index in [1.165, 1.54) is 31.5 Å². The Bertz CT molecular complexity index is 425. The van der Waals surface area contributed by atoms with Gasteiger partial charge in [-0.3, -0.25) is 4.79 Å². The van der Waals surface area contributed by atoms with Crippen molar-refractivity contribution in [3.05, 3.63) is 29.8 Å². The van der Waals surface area contributed by atoms with Gasteiger partial charge >= 0.3 is 0 Å². The van der Waals surface area contributed by atoms with E-state index in [2.05, 4.69) is 16.3 Å². The smallest absolute Gasteiger partial charge is 0.240 e. The summed E-state index contributed by atoms with van der Waals surface area (Å²) in [5.74, 6) is -0.142. The van der Waals surface area contributed by atoms with Crippen LogP contribution in [0.1, 0.15) is 25.3 Å². The van der Waals surface area contributed by atoms with Gasteiger partial charge in [0.2, 0.25) is 5.91 Å². The van der Waals surface area contributed by atoms with E-state index in [-0.39, 0.29) is 5.91 Å². The molecule has 2 rings (SSSR count). The summed E-state index contributed by atoms with van der Waals surface area (Å²) in [5, 5.41) is 2.83. The Morgan fingerprint density at radius 3 is 2.84 bits per heavy atom.